The first-order chi connectivity index (χ1) is 13.5. The minimum Gasteiger partial charge on any atom is -0.334 e. The average Bonchev–Trinajstić information content (AvgIpc) is 3.47. The van der Waals surface area contributed by atoms with Crippen molar-refractivity contribution in [3.63, 3.8) is 0 Å². The lowest BCUT2D eigenvalue weighted by Gasteiger charge is -2.36. The lowest BCUT2D eigenvalue weighted by atomic mass is 9.80. The van der Waals surface area contributed by atoms with Crippen LogP contribution < -0.4 is 0 Å². The Morgan fingerprint density at radius 3 is 1.54 bits per heavy atom. The Balaban J connectivity index is 1.98. The second kappa shape index (κ2) is 6.94. The molecule has 3 aromatic carbocycles. The Morgan fingerprint density at radius 2 is 1.14 bits per heavy atom. The van der Waals surface area contributed by atoms with Crippen molar-refractivity contribution in [3.05, 3.63) is 108 Å². The van der Waals surface area contributed by atoms with Crippen molar-refractivity contribution >= 4 is 5.91 Å². The molecule has 0 spiro atoms. The third-order valence-electron chi connectivity index (χ3n) is 6.28. The fourth-order valence-electron chi connectivity index (χ4n) is 4.87. The maximum atomic E-state index is 13.2. The first kappa shape index (κ1) is 18.5. The number of rotatable bonds is 5. The van der Waals surface area contributed by atoms with Crippen LogP contribution in [0.5, 0.6) is 0 Å². The van der Waals surface area contributed by atoms with E-state index in [1.807, 2.05) is 31.9 Å². The summed E-state index contributed by atoms with van der Waals surface area (Å²) in [6.07, 6.45) is 0.882. The SMILES string of the molecule is CC(C)C(=O)N(C)C1(c2ccccc2)CC1(c1ccccc1)c1ccccc1. The molecular formula is C26H27NO. The van der Waals surface area contributed by atoms with Crippen molar-refractivity contribution in [2.75, 3.05) is 7.05 Å². The molecular weight excluding hydrogens is 342 g/mol. The first-order valence-electron chi connectivity index (χ1n) is 9.98. The molecule has 142 valence electrons. The molecule has 28 heavy (non-hydrogen) atoms. The summed E-state index contributed by atoms with van der Waals surface area (Å²) < 4.78 is 0. The molecule has 0 heterocycles. The number of hydrogen-bond acceptors (Lipinski definition) is 1. The number of hydrogen-bond donors (Lipinski definition) is 0. The van der Waals surface area contributed by atoms with Crippen LogP contribution in [0.1, 0.15) is 37.0 Å². The van der Waals surface area contributed by atoms with Crippen molar-refractivity contribution in [1.82, 2.24) is 4.90 Å². The van der Waals surface area contributed by atoms with Crippen LogP contribution in [0.3, 0.4) is 0 Å². The third kappa shape index (κ3) is 2.59. The van der Waals surface area contributed by atoms with Gasteiger partial charge in [-0.3, -0.25) is 4.79 Å². The van der Waals surface area contributed by atoms with Gasteiger partial charge in [0.05, 0.1) is 11.0 Å². The molecule has 2 heteroatoms. The van der Waals surface area contributed by atoms with Gasteiger partial charge in [-0.2, -0.15) is 0 Å². The van der Waals surface area contributed by atoms with Gasteiger partial charge in [0.25, 0.3) is 0 Å². The molecule has 0 N–H and O–H groups in total. The monoisotopic (exact) mass is 369 g/mol. The van der Waals surface area contributed by atoms with Crippen LogP contribution in [-0.2, 0) is 15.7 Å². The number of carbonyl (C=O) groups is 1. The highest BCUT2D eigenvalue weighted by Crippen LogP contribution is 2.70. The Morgan fingerprint density at radius 1 is 0.750 bits per heavy atom. The number of amides is 1. The minimum atomic E-state index is -0.391. The molecule has 0 bridgehead atoms. The van der Waals surface area contributed by atoms with Gasteiger partial charge < -0.3 is 4.90 Å². The molecule has 1 aliphatic rings. The predicted octanol–water partition coefficient (Wildman–Crippen LogP) is 5.39. The largest absolute Gasteiger partial charge is 0.334 e. The molecule has 1 atom stereocenters. The van der Waals surface area contributed by atoms with Crippen molar-refractivity contribution in [2.45, 2.75) is 31.2 Å². The zero-order valence-electron chi connectivity index (χ0n) is 16.8. The van der Waals surface area contributed by atoms with E-state index in [0.29, 0.717) is 0 Å². The number of benzene rings is 3. The molecule has 1 unspecified atom stereocenters. The van der Waals surface area contributed by atoms with Gasteiger partial charge in [0.1, 0.15) is 0 Å². The average molecular weight is 370 g/mol. The lowest BCUT2D eigenvalue weighted by Crippen LogP contribution is -2.44. The predicted molar refractivity (Wildman–Crippen MR) is 114 cm³/mol. The van der Waals surface area contributed by atoms with Gasteiger partial charge in [-0.25, -0.2) is 0 Å². The summed E-state index contributed by atoms with van der Waals surface area (Å²) in [6, 6.07) is 31.8. The standard InChI is InChI=1S/C26H27NO/c1-20(2)24(28)27(3)26(23-17-11-6-12-18-23)19-25(26,21-13-7-4-8-14-21)22-15-9-5-10-16-22/h4-18,20H,19H2,1-3H3. The summed E-state index contributed by atoms with van der Waals surface area (Å²) in [4.78, 5) is 15.2. The fourth-order valence-corrected chi connectivity index (χ4v) is 4.87. The van der Waals surface area contributed by atoms with E-state index in [4.69, 9.17) is 0 Å². The van der Waals surface area contributed by atoms with Gasteiger partial charge in [0.2, 0.25) is 5.91 Å². The quantitative estimate of drug-likeness (QED) is 0.591. The zero-order chi connectivity index (χ0) is 19.8. The van der Waals surface area contributed by atoms with Crippen molar-refractivity contribution in [1.29, 1.82) is 0 Å². The molecule has 0 saturated heterocycles. The summed E-state index contributed by atoms with van der Waals surface area (Å²) in [7, 11) is 1.98. The number of carbonyl (C=O) groups excluding carboxylic acids is 1. The molecule has 2 nitrogen and oxygen atoms in total. The Labute approximate surface area is 167 Å². The molecule has 1 saturated carbocycles. The highest BCUT2D eigenvalue weighted by atomic mass is 16.2. The molecule has 0 aromatic heterocycles. The highest BCUT2D eigenvalue weighted by molar-refractivity contribution is 5.81. The summed E-state index contributed by atoms with van der Waals surface area (Å²) in [5.74, 6) is 0.132. The van der Waals surface area contributed by atoms with Crippen LogP contribution in [0.2, 0.25) is 0 Å². The van der Waals surface area contributed by atoms with Crippen molar-refractivity contribution in [2.24, 2.45) is 5.92 Å². The van der Waals surface area contributed by atoms with Crippen LogP contribution in [0, 0.1) is 5.92 Å². The third-order valence-corrected chi connectivity index (χ3v) is 6.28. The Bertz CT molecular complexity index is 910. The van der Waals surface area contributed by atoms with E-state index in [1.54, 1.807) is 0 Å². The zero-order valence-corrected chi connectivity index (χ0v) is 16.8. The lowest BCUT2D eigenvalue weighted by molar-refractivity contribution is -0.136. The maximum Gasteiger partial charge on any atom is 0.225 e. The van der Waals surface area contributed by atoms with Crippen LogP contribution in [0.15, 0.2) is 91.0 Å². The molecule has 0 aliphatic heterocycles. The van der Waals surface area contributed by atoms with E-state index in [-0.39, 0.29) is 17.2 Å². The first-order valence-corrected chi connectivity index (χ1v) is 9.98. The summed E-state index contributed by atoms with van der Waals surface area (Å²) in [5.41, 5.74) is 3.07. The van der Waals surface area contributed by atoms with Crippen LogP contribution >= 0.6 is 0 Å². The van der Waals surface area contributed by atoms with Gasteiger partial charge in [0, 0.05) is 13.0 Å². The number of likely N-dealkylation sites (N-methyl/N-ethyl adjacent to an activating group) is 1. The maximum absolute atomic E-state index is 13.2. The topological polar surface area (TPSA) is 20.3 Å². The second-order valence-electron chi connectivity index (χ2n) is 8.09. The summed E-state index contributed by atoms with van der Waals surface area (Å²) in [6.45, 7) is 3.96. The van der Waals surface area contributed by atoms with Gasteiger partial charge in [0.15, 0.2) is 0 Å². The fraction of sp³-hybridized carbons (Fsp3) is 0.269. The smallest absolute Gasteiger partial charge is 0.225 e. The van der Waals surface area contributed by atoms with Crippen LogP contribution in [-0.4, -0.2) is 17.9 Å². The van der Waals surface area contributed by atoms with E-state index in [1.165, 1.54) is 16.7 Å². The minimum absolute atomic E-state index is 0.0459. The van der Waals surface area contributed by atoms with Gasteiger partial charge in [-0.05, 0) is 23.1 Å². The summed E-state index contributed by atoms with van der Waals surface area (Å²) >= 11 is 0. The highest BCUT2D eigenvalue weighted by Gasteiger charge is 2.72. The van der Waals surface area contributed by atoms with Crippen molar-refractivity contribution < 1.29 is 4.79 Å². The van der Waals surface area contributed by atoms with E-state index >= 15 is 0 Å². The second-order valence-corrected chi connectivity index (χ2v) is 8.09. The van der Waals surface area contributed by atoms with Crippen LogP contribution in [0.25, 0.3) is 0 Å². The van der Waals surface area contributed by atoms with E-state index in [2.05, 4.69) is 84.9 Å². The molecule has 3 aromatic rings. The number of nitrogens with zero attached hydrogens (tertiary/aromatic N) is 1. The van der Waals surface area contributed by atoms with Gasteiger partial charge in [-0.15, -0.1) is 0 Å². The molecule has 1 fully saturated rings. The van der Waals surface area contributed by atoms with Gasteiger partial charge in [-0.1, -0.05) is 105 Å². The Kier molecular flexibility index (Phi) is 4.58. The summed E-state index contributed by atoms with van der Waals surface area (Å²) in [5, 5.41) is 0. The van der Waals surface area contributed by atoms with Crippen LogP contribution in [0.4, 0.5) is 0 Å². The molecule has 0 radical (unpaired) electrons. The van der Waals surface area contributed by atoms with E-state index in [9.17, 15) is 4.79 Å². The van der Waals surface area contributed by atoms with E-state index in [0.717, 1.165) is 6.42 Å². The molecule has 4 rings (SSSR count). The molecule has 1 amide bonds. The Hall–Kier alpha value is -2.87. The molecule has 1 aliphatic carbocycles. The normalized spacial score (nSPS) is 20.0. The van der Waals surface area contributed by atoms with Crippen molar-refractivity contribution in [3.8, 4) is 0 Å². The van der Waals surface area contributed by atoms with E-state index < -0.39 is 5.54 Å². The van der Waals surface area contributed by atoms with Gasteiger partial charge >= 0.3 is 0 Å².